The van der Waals surface area contributed by atoms with Crippen LogP contribution in [0.4, 0.5) is 0 Å². The minimum Gasteiger partial charge on any atom is -0.357 e. The Balaban J connectivity index is 1.75. The molecule has 0 saturated heterocycles. The number of aromatic nitrogens is 1. The SMILES string of the molecule is CCNC(=NCc1ccc(C)s1)NCCCc1nc(C)cs1. The number of aliphatic imine (C=N–C) groups is 1. The second kappa shape index (κ2) is 8.90. The lowest BCUT2D eigenvalue weighted by atomic mass is 10.3. The lowest BCUT2D eigenvalue weighted by Crippen LogP contribution is -2.37. The van der Waals surface area contributed by atoms with E-state index in [4.69, 9.17) is 0 Å². The first kappa shape index (κ1) is 17.0. The zero-order chi connectivity index (χ0) is 15.8. The second-order valence-electron chi connectivity index (χ2n) is 5.12. The number of hydrogen-bond acceptors (Lipinski definition) is 4. The smallest absolute Gasteiger partial charge is 0.191 e. The van der Waals surface area contributed by atoms with Crippen LogP contribution in [-0.4, -0.2) is 24.0 Å². The van der Waals surface area contributed by atoms with E-state index in [0.717, 1.165) is 44.1 Å². The van der Waals surface area contributed by atoms with Crippen molar-refractivity contribution in [2.45, 2.75) is 40.2 Å². The van der Waals surface area contributed by atoms with Crippen LogP contribution >= 0.6 is 22.7 Å². The van der Waals surface area contributed by atoms with Crippen molar-refractivity contribution in [3.8, 4) is 0 Å². The molecule has 0 saturated carbocycles. The van der Waals surface area contributed by atoms with E-state index in [0.29, 0.717) is 0 Å². The number of nitrogens with one attached hydrogen (secondary N) is 2. The van der Waals surface area contributed by atoms with Gasteiger partial charge >= 0.3 is 0 Å². The average Bonchev–Trinajstić information content (AvgIpc) is 3.09. The van der Waals surface area contributed by atoms with Crippen molar-refractivity contribution >= 4 is 28.6 Å². The first-order chi connectivity index (χ1) is 10.7. The molecule has 0 spiro atoms. The van der Waals surface area contributed by atoms with Crippen molar-refractivity contribution in [2.75, 3.05) is 13.1 Å². The molecular weight excluding hydrogens is 312 g/mol. The molecule has 4 nitrogen and oxygen atoms in total. The lowest BCUT2D eigenvalue weighted by molar-refractivity contribution is 0.741. The van der Waals surface area contributed by atoms with Crippen molar-refractivity contribution in [3.63, 3.8) is 0 Å². The van der Waals surface area contributed by atoms with Gasteiger partial charge in [-0.3, -0.25) is 0 Å². The van der Waals surface area contributed by atoms with Crippen LogP contribution in [0.25, 0.3) is 0 Å². The fourth-order valence-corrected chi connectivity index (χ4v) is 3.67. The number of thiophene rings is 1. The number of hydrogen-bond donors (Lipinski definition) is 2. The molecular formula is C16H24N4S2. The monoisotopic (exact) mass is 336 g/mol. The summed E-state index contributed by atoms with van der Waals surface area (Å²) in [4.78, 5) is 11.8. The Morgan fingerprint density at radius 1 is 1.27 bits per heavy atom. The molecule has 0 aliphatic carbocycles. The Labute approximate surface area is 140 Å². The van der Waals surface area contributed by atoms with E-state index < -0.39 is 0 Å². The summed E-state index contributed by atoms with van der Waals surface area (Å²) in [5.74, 6) is 0.892. The van der Waals surface area contributed by atoms with E-state index in [1.807, 2.05) is 6.92 Å². The van der Waals surface area contributed by atoms with Crippen LogP contribution in [-0.2, 0) is 13.0 Å². The van der Waals surface area contributed by atoms with Crippen LogP contribution in [0, 0.1) is 13.8 Å². The van der Waals surface area contributed by atoms with E-state index in [1.54, 1.807) is 22.7 Å². The van der Waals surface area contributed by atoms with Crippen molar-refractivity contribution in [1.29, 1.82) is 0 Å². The zero-order valence-electron chi connectivity index (χ0n) is 13.5. The van der Waals surface area contributed by atoms with E-state index in [2.05, 4.69) is 52.0 Å². The van der Waals surface area contributed by atoms with Crippen molar-refractivity contribution in [3.05, 3.63) is 38.0 Å². The van der Waals surface area contributed by atoms with E-state index in [9.17, 15) is 0 Å². The topological polar surface area (TPSA) is 49.3 Å². The Bertz CT molecular complexity index is 601. The lowest BCUT2D eigenvalue weighted by Gasteiger charge is -2.10. The minimum absolute atomic E-state index is 0.736. The number of aryl methyl sites for hydroxylation is 3. The van der Waals surface area contributed by atoms with Gasteiger partial charge in [0.1, 0.15) is 0 Å². The molecule has 6 heteroatoms. The van der Waals surface area contributed by atoms with Gasteiger partial charge in [0.25, 0.3) is 0 Å². The number of nitrogens with zero attached hydrogens (tertiary/aromatic N) is 2. The van der Waals surface area contributed by atoms with Crippen LogP contribution in [0.5, 0.6) is 0 Å². The highest BCUT2D eigenvalue weighted by Crippen LogP contribution is 2.15. The maximum absolute atomic E-state index is 4.64. The highest BCUT2D eigenvalue weighted by Gasteiger charge is 2.01. The van der Waals surface area contributed by atoms with Crippen LogP contribution in [0.15, 0.2) is 22.5 Å². The molecule has 120 valence electrons. The third-order valence-electron chi connectivity index (χ3n) is 3.06. The van der Waals surface area contributed by atoms with Crippen LogP contribution < -0.4 is 10.6 Å². The molecule has 0 aliphatic heterocycles. The molecule has 2 rings (SSSR count). The number of thiazole rings is 1. The summed E-state index contributed by atoms with van der Waals surface area (Å²) in [6, 6.07) is 4.30. The predicted octanol–water partition coefficient (Wildman–Crippen LogP) is 3.51. The summed E-state index contributed by atoms with van der Waals surface area (Å²) >= 11 is 3.55. The van der Waals surface area contributed by atoms with Gasteiger partial charge in [-0.05, 0) is 39.3 Å². The summed E-state index contributed by atoms with van der Waals surface area (Å²) in [5, 5.41) is 10.0. The normalized spacial score (nSPS) is 11.7. The van der Waals surface area contributed by atoms with Crippen molar-refractivity contribution in [2.24, 2.45) is 4.99 Å². The quantitative estimate of drug-likeness (QED) is 0.462. The highest BCUT2D eigenvalue weighted by molar-refractivity contribution is 7.11. The largest absolute Gasteiger partial charge is 0.357 e. The van der Waals surface area contributed by atoms with Crippen LogP contribution in [0.3, 0.4) is 0 Å². The minimum atomic E-state index is 0.736. The molecule has 0 aliphatic rings. The Kier molecular flexibility index (Phi) is 6.86. The van der Waals surface area contributed by atoms with Gasteiger partial charge in [0.05, 0.1) is 11.6 Å². The molecule has 0 atom stereocenters. The summed E-state index contributed by atoms with van der Waals surface area (Å²) in [6.07, 6.45) is 2.09. The molecule has 0 aromatic carbocycles. The zero-order valence-corrected chi connectivity index (χ0v) is 15.1. The van der Waals surface area contributed by atoms with Gasteiger partial charge in [-0.1, -0.05) is 0 Å². The fraction of sp³-hybridized carbons (Fsp3) is 0.500. The number of guanidine groups is 1. The summed E-state index contributed by atoms with van der Waals surface area (Å²) in [6.45, 7) is 8.78. The van der Waals surface area contributed by atoms with Crippen molar-refractivity contribution in [1.82, 2.24) is 15.6 Å². The molecule has 0 unspecified atom stereocenters. The Hall–Kier alpha value is -1.40. The van der Waals surface area contributed by atoms with Gasteiger partial charge in [-0.25, -0.2) is 9.98 Å². The molecule has 2 N–H and O–H groups in total. The van der Waals surface area contributed by atoms with Gasteiger partial charge in [0.15, 0.2) is 5.96 Å². The van der Waals surface area contributed by atoms with E-state index in [-0.39, 0.29) is 0 Å². The third kappa shape index (κ3) is 5.77. The van der Waals surface area contributed by atoms with Gasteiger partial charge in [-0.15, -0.1) is 22.7 Å². The maximum Gasteiger partial charge on any atom is 0.191 e. The third-order valence-corrected chi connectivity index (χ3v) is 5.07. The molecule has 2 aromatic rings. The van der Waals surface area contributed by atoms with Gasteiger partial charge in [-0.2, -0.15) is 0 Å². The predicted molar refractivity (Wildman–Crippen MR) is 97.0 cm³/mol. The van der Waals surface area contributed by atoms with Gasteiger partial charge in [0, 0.05) is 40.3 Å². The molecule has 22 heavy (non-hydrogen) atoms. The molecule has 0 amide bonds. The molecule has 2 heterocycles. The summed E-state index contributed by atoms with van der Waals surface area (Å²) < 4.78 is 0. The van der Waals surface area contributed by atoms with Crippen molar-refractivity contribution < 1.29 is 0 Å². The standard InChI is InChI=1S/C16H24N4S2/c1-4-17-16(19-10-14-8-7-13(3)22-14)18-9-5-6-15-20-12(2)11-21-15/h7-8,11H,4-6,9-10H2,1-3H3,(H2,17,18,19). The fourth-order valence-electron chi connectivity index (χ4n) is 2.03. The van der Waals surface area contributed by atoms with E-state index in [1.165, 1.54) is 14.8 Å². The van der Waals surface area contributed by atoms with Gasteiger partial charge in [0.2, 0.25) is 0 Å². The summed E-state index contributed by atoms with van der Waals surface area (Å²) in [5.41, 5.74) is 1.12. The Morgan fingerprint density at radius 3 is 2.77 bits per heavy atom. The molecule has 2 aromatic heterocycles. The first-order valence-corrected chi connectivity index (χ1v) is 9.35. The van der Waals surface area contributed by atoms with Crippen LogP contribution in [0.2, 0.25) is 0 Å². The molecule has 0 bridgehead atoms. The van der Waals surface area contributed by atoms with E-state index >= 15 is 0 Å². The van der Waals surface area contributed by atoms with Crippen LogP contribution in [0.1, 0.15) is 33.8 Å². The Morgan fingerprint density at radius 2 is 2.14 bits per heavy atom. The van der Waals surface area contributed by atoms with Gasteiger partial charge < -0.3 is 10.6 Å². The molecule has 0 fully saturated rings. The average molecular weight is 337 g/mol. The first-order valence-electron chi connectivity index (χ1n) is 7.66. The molecule has 0 radical (unpaired) electrons. The summed E-state index contributed by atoms with van der Waals surface area (Å²) in [7, 11) is 0. The second-order valence-corrected chi connectivity index (χ2v) is 7.44. The number of rotatable bonds is 7. The highest BCUT2D eigenvalue weighted by atomic mass is 32.1. The maximum atomic E-state index is 4.64.